The highest BCUT2D eigenvalue weighted by Crippen LogP contribution is 2.05. The lowest BCUT2D eigenvalue weighted by atomic mass is 10.2. The number of esters is 1. The topological polar surface area (TPSA) is 161 Å². The van der Waals surface area contributed by atoms with E-state index in [1.165, 1.54) is 0 Å². The summed E-state index contributed by atoms with van der Waals surface area (Å²) in [5.41, 5.74) is 0. The Labute approximate surface area is 139 Å². The molecule has 2 atom stereocenters. The number of carboxylic acids is 3. The van der Waals surface area contributed by atoms with Gasteiger partial charge in [0.05, 0.1) is 27.6 Å². The van der Waals surface area contributed by atoms with Crippen LogP contribution in [-0.2, 0) is 23.9 Å². The molecule has 0 aromatic carbocycles. The zero-order valence-corrected chi connectivity index (χ0v) is 14.2. The standard InChI is InChI=1S/C10H19NO4.C4H6O5/c1-5-10(14)15-8(6-9(12)13)7-11(2,3)4;5-2(4(8)9)1-3(6)7/h8H,5-7H2,1-4H3;2,5H,1H2,(H,6,7)(H,8,9). The van der Waals surface area contributed by atoms with Gasteiger partial charge in [0.2, 0.25) is 0 Å². The van der Waals surface area contributed by atoms with Gasteiger partial charge < -0.3 is 34.4 Å². The summed E-state index contributed by atoms with van der Waals surface area (Å²) in [6.07, 6.45) is -3.15. The second-order valence-electron chi connectivity index (χ2n) is 5.97. The Hall–Kier alpha value is -2.20. The fourth-order valence-electron chi connectivity index (χ4n) is 1.46. The third kappa shape index (κ3) is 16.2. The Morgan fingerprint density at radius 1 is 1.08 bits per heavy atom. The summed E-state index contributed by atoms with van der Waals surface area (Å²) in [5.74, 6) is -4.42. The quantitative estimate of drug-likeness (QED) is 0.317. The molecule has 0 bridgehead atoms. The van der Waals surface area contributed by atoms with Crippen molar-refractivity contribution < 1.29 is 48.8 Å². The molecule has 0 radical (unpaired) electrons. The van der Waals surface area contributed by atoms with Crippen molar-refractivity contribution >= 4 is 23.9 Å². The molecule has 2 unspecified atom stereocenters. The highest BCUT2D eigenvalue weighted by atomic mass is 16.5. The van der Waals surface area contributed by atoms with E-state index < -0.39 is 36.5 Å². The SMILES string of the molecule is CCC(=O)OC(CC(=O)[O-])C[N+](C)(C)C.O=C(O)CC(O)C(=O)O. The zero-order chi connectivity index (χ0) is 19.5. The molecule has 10 heteroatoms. The molecule has 0 spiro atoms. The highest BCUT2D eigenvalue weighted by molar-refractivity contribution is 5.79. The maximum Gasteiger partial charge on any atom is 0.333 e. The number of rotatable bonds is 9. The highest BCUT2D eigenvalue weighted by Gasteiger charge is 2.21. The summed E-state index contributed by atoms with van der Waals surface area (Å²) in [5, 5.41) is 34.6. The molecule has 0 aromatic heterocycles. The van der Waals surface area contributed by atoms with Gasteiger partial charge in [0, 0.05) is 18.8 Å². The van der Waals surface area contributed by atoms with E-state index in [-0.39, 0.29) is 18.8 Å². The Balaban J connectivity index is 0. The van der Waals surface area contributed by atoms with Crippen molar-refractivity contribution in [2.24, 2.45) is 0 Å². The van der Waals surface area contributed by atoms with Gasteiger partial charge in [-0.15, -0.1) is 0 Å². The first kappa shape index (κ1) is 24.1. The minimum atomic E-state index is -1.79. The number of aliphatic hydroxyl groups is 1. The lowest BCUT2D eigenvalue weighted by Crippen LogP contribution is -2.45. The Morgan fingerprint density at radius 2 is 1.58 bits per heavy atom. The van der Waals surface area contributed by atoms with Crippen LogP contribution in [0.4, 0.5) is 0 Å². The van der Waals surface area contributed by atoms with Crippen LogP contribution in [0, 0.1) is 0 Å². The minimum absolute atomic E-state index is 0.249. The number of quaternary nitrogens is 1. The van der Waals surface area contributed by atoms with Crippen LogP contribution in [0.2, 0.25) is 0 Å². The predicted octanol–water partition coefficient (Wildman–Crippen LogP) is -1.94. The van der Waals surface area contributed by atoms with Gasteiger partial charge in [-0.05, 0) is 0 Å². The monoisotopic (exact) mass is 351 g/mol. The van der Waals surface area contributed by atoms with E-state index in [0.717, 1.165) is 0 Å². The maximum atomic E-state index is 11.0. The van der Waals surface area contributed by atoms with E-state index in [4.69, 9.17) is 20.1 Å². The lowest BCUT2D eigenvalue weighted by molar-refractivity contribution is -0.873. The van der Waals surface area contributed by atoms with Gasteiger partial charge >= 0.3 is 17.9 Å². The molecule has 0 aliphatic heterocycles. The normalized spacial score (nSPS) is 13.0. The van der Waals surface area contributed by atoms with E-state index in [9.17, 15) is 24.3 Å². The summed E-state index contributed by atoms with van der Waals surface area (Å²) in [6, 6.07) is 0. The van der Waals surface area contributed by atoms with Crippen LogP contribution in [0.1, 0.15) is 26.2 Å². The van der Waals surface area contributed by atoms with E-state index in [1.54, 1.807) is 6.92 Å². The molecule has 0 aliphatic carbocycles. The minimum Gasteiger partial charge on any atom is -0.550 e. The molecule has 0 fully saturated rings. The molecule has 0 aliphatic rings. The largest absolute Gasteiger partial charge is 0.550 e. The van der Waals surface area contributed by atoms with Crippen molar-refractivity contribution in [1.29, 1.82) is 0 Å². The van der Waals surface area contributed by atoms with Gasteiger partial charge in [0.25, 0.3) is 0 Å². The number of carbonyl (C=O) groups is 4. The van der Waals surface area contributed by atoms with Crippen LogP contribution in [0.25, 0.3) is 0 Å². The lowest BCUT2D eigenvalue weighted by Gasteiger charge is -2.29. The number of likely N-dealkylation sites (N-methyl/N-ethyl adjacent to an activating group) is 1. The summed E-state index contributed by atoms with van der Waals surface area (Å²) in [4.78, 5) is 40.9. The van der Waals surface area contributed by atoms with E-state index in [1.807, 2.05) is 21.1 Å². The summed E-state index contributed by atoms with van der Waals surface area (Å²) >= 11 is 0. The molecular formula is C14H25NO9. The molecular weight excluding hydrogens is 326 g/mol. The van der Waals surface area contributed by atoms with Gasteiger partial charge in [-0.2, -0.15) is 0 Å². The van der Waals surface area contributed by atoms with Gasteiger partial charge in [-0.1, -0.05) is 6.92 Å². The van der Waals surface area contributed by atoms with Crippen molar-refractivity contribution in [3.63, 3.8) is 0 Å². The molecule has 0 heterocycles. The van der Waals surface area contributed by atoms with Crippen molar-refractivity contribution in [2.75, 3.05) is 27.7 Å². The summed E-state index contributed by atoms with van der Waals surface area (Å²) < 4.78 is 5.55. The van der Waals surface area contributed by atoms with Crippen LogP contribution in [0.3, 0.4) is 0 Å². The number of aliphatic hydroxyl groups excluding tert-OH is 1. The zero-order valence-electron chi connectivity index (χ0n) is 14.2. The molecule has 24 heavy (non-hydrogen) atoms. The average Bonchev–Trinajstić information content (AvgIpc) is 2.35. The first-order valence-corrected chi connectivity index (χ1v) is 7.10. The molecule has 3 N–H and O–H groups in total. The number of carboxylic acid groups (broad SMARTS) is 3. The predicted molar refractivity (Wildman–Crippen MR) is 78.6 cm³/mol. The summed E-state index contributed by atoms with van der Waals surface area (Å²) in [6.45, 7) is 2.13. The number of aliphatic carboxylic acids is 3. The number of hydrogen-bond donors (Lipinski definition) is 3. The van der Waals surface area contributed by atoms with Gasteiger partial charge in [0.1, 0.15) is 6.54 Å². The third-order valence-corrected chi connectivity index (χ3v) is 2.39. The molecule has 0 saturated carbocycles. The fourth-order valence-corrected chi connectivity index (χ4v) is 1.46. The molecule has 0 aromatic rings. The van der Waals surface area contributed by atoms with Crippen molar-refractivity contribution in [2.45, 2.75) is 38.4 Å². The number of nitrogens with zero attached hydrogens (tertiary/aromatic N) is 1. The molecule has 0 rings (SSSR count). The first-order valence-electron chi connectivity index (χ1n) is 7.10. The van der Waals surface area contributed by atoms with Crippen LogP contribution in [-0.4, -0.2) is 83.6 Å². The average molecular weight is 351 g/mol. The molecule has 10 nitrogen and oxygen atoms in total. The Bertz CT molecular complexity index is 442. The first-order chi connectivity index (χ1) is 10.8. The van der Waals surface area contributed by atoms with Crippen LogP contribution < -0.4 is 5.11 Å². The van der Waals surface area contributed by atoms with Gasteiger partial charge in [0.15, 0.2) is 12.2 Å². The number of ether oxygens (including phenoxy) is 1. The second-order valence-corrected chi connectivity index (χ2v) is 5.97. The van der Waals surface area contributed by atoms with Gasteiger partial charge in [-0.25, -0.2) is 4.79 Å². The fraction of sp³-hybridized carbons (Fsp3) is 0.714. The Kier molecular flexibility index (Phi) is 11.4. The molecule has 0 saturated heterocycles. The maximum absolute atomic E-state index is 11.0. The summed E-state index contributed by atoms with van der Waals surface area (Å²) in [7, 11) is 5.71. The molecule has 140 valence electrons. The van der Waals surface area contributed by atoms with Crippen molar-refractivity contribution in [3.05, 3.63) is 0 Å². The van der Waals surface area contributed by atoms with Crippen molar-refractivity contribution in [3.8, 4) is 0 Å². The van der Waals surface area contributed by atoms with E-state index in [0.29, 0.717) is 11.0 Å². The Morgan fingerprint density at radius 3 is 1.83 bits per heavy atom. The van der Waals surface area contributed by atoms with Crippen LogP contribution in [0.15, 0.2) is 0 Å². The van der Waals surface area contributed by atoms with Crippen LogP contribution >= 0.6 is 0 Å². The van der Waals surface area contributed by atoms with Gasteiger partial charge in [-0.3, -0.25) is 9.59 Å². The van der Waals surface area contributed by atoms with E-state index >= 15 is 0 Å². The number of carbonyl (C=O) groups excluding carboxylic acids is 2. The van der Waals surface area contributed by atoms with Crippen LogP contribution in [0.5, 0.6) is 0 Å². The second kappa shape index (κ2) is 11.4. The van der Waals surface area contributed by atoms with E-state index in [2.05, 4.69) is 0 Å². The van der Waals surface area contributed by atoms with Crippen molar-refractivity contribution in [1.82, 2.24) is 0 Å². The third-order valence-electron chi connectivity index (χ3n) is 2.39. The smallest absolute Gasteiger partial charge is 0.333 e. The number of hydrogen-bond acceptors (Lipinski definition) is 7. The molecule has 0 amide bonds.